The molecule has 5 heteroatoms. The molecular formula is C11H15NO4. The summed E-state index contributed by atoms with van der Waals surface area (Å²) < 4.78 is 4.97. The molecule has 5 nitrogen and oxygen atoms in total. The fraction of sp³-hybridized carbons (Fsp3) is 0.636. The second-order valence-corrected chi connectivity index (χ2v) is 4.31. The number of hydrogen-bond acceptors (Lipinski definition) is 3. The summed E-state index contributed by atoms with van der Waals surface area (Å²) in [6.45, 7) is 0.503. The van der Waals surface area contributed by atoms with Crippen LogP contribution in [0.1, 0.15) is 32.1 Å². The minimum absolute atomic E-state index is 0.304. The SMILES string of the molecule is O=C(NC1(C(=O)O)CCCC1)C1=COCC1. The molecule has 88 valence electrons. The van der Waals surface area contributed by atoms with E-state index in [1.165, 1.54) is 6.26 Å². The summed E-state index contributed by atoms with van der Waals surface area (Å²) in [4.78, 5) is 23.0. The van der Waals surface area contributed by atoms with Crippen molar-refractivity contribution in [1.29, 1.82) is 0 Å². The lowest BCUT2D eigenvalue weighted by Gasteiger charge is -2.25. The maximum atomic E-state index is 11.8. The molecule has 1 aliphatic carbocycles. The highest BCUT2D eigenvalue weighted by Gasteiger charge is 2.43. The van der Waals surface area contributed by atoms with Crippen molar-refractivity contribution in [2.45, 2.75) is 37.6 Å². The molecule has 0 radical (unpaired) electrons. The van der Waals surface area contributed by atoms with Gasteiger partial charge in [-0.2, -0.15) is 0 Å². The molecule has 0 bridgehead atoms. The Morgan fingerprint density at radius 2 is 2.06 bits per heavy atom. The topological polar surface area (TPSA) is 75.6 Å². The third kappa shape index (κ3) is 1.89. The van der Waals surface area contributed by atoms with Crippen LogP contribution in [0.3, 0.4) is 0 Å². The Morgan fingerprint density at radius 3 is 2.56 bits per heavy atom. The zero-order valence-electron chi connectivity index (χ0n) is 8.99. The normalized spacial score (nSPS) is 22.4. The van der Waals surface area contributed by atoms with Gasteiger partial charge in [-0.3, -0.25) is 4.79 Å². The van der Waals surface area contributed by atoms with Crippen LogP contribution in [0.4, 0.5) is 0 Å². The Bertz CT molecular complexity index is 342. The van der Waals surface area contributed by atoms with Crippen LogP contribution in [0, 0.1) is 0 Å². The maximum absolute atomic E-state index is 11.8. The summed E-state index contributed by atoms with van der Waals surface area (Å²) in [6.07, 6.45) is 4.70. The van der Waals surface area contributed by atoms with E-state index in [1.54, 1.807) is 0 Å². The van der Waals surface area contributed by atoms with Crippen LogP contribution in [0.25, 0.3) is 0 Å². The summed E-state index contributed by atoms with van der Waals surface area (Å²) in [6, 6.07) is 0. The van der Waals surface area contributed by atoms with E-state index in [0.717, 1.165) is 12.8 Å². The molecule has 0 aromatic carbocycles. The molecule has 0 atom stereocenters. The first-order chi connectivity index (χ1) is 7.64. The first kappa shape index (κ1) is 11.0. The summed E-state index contributed by atoms with van der Waals surface area (Å²) in [5, 5.41) is 11.8. The van der Waals surface area contributed by atoms with Gasteiger partial charge in [0.1, 0.15) is 5.54 Å². The van der Waals surface area contributed by atoms with Crippen molar-refractivity contribution in [2.75, 3.05) is 6.61 Å². The van der Waals surface area contributed by atoms with Gasteiger partial charge < -0.3 is 15.2 Å². The summed E-state index contributed by atoms with van der Waals surface area (Å²) in [5.74, 6) is -1.24. The monoisotopic (exact) mass is 225 g/mol. The lowest BCUT2D eigenvalue weighted by atomic mass is 9.97. The van der Waals surface area contributed by atoms with E-state index in [2.05, 4.69) is 5.32 Å². The fourth-order valence-electron chi connectivity index (χ4n) is 2.22. The lowest BCUT2D eigenvalue weighted by molar-refractivity contribution is -0.146. The molecule has 0 saturated heterocycles. The zero-order chi connectivity index (χ0) is 11.6. The van der Waals surface area contributed by atoms with E-state index in [9.17, 15) is 14.7 Å². The third-order valence-electron chi connectivity index (χ3n) is 3.23. The maximum Gasteiger partial charge on any atom is 0.329 e. The van der Waals surface area contributed by atoms with Crippen LogP contribution in [0.2, 0.25) is 0 Å². The molecule has 2 aliphatic rings. The minimum Gasteiger partial charge on any atom is -0.500 e. The van der Waals surface area contributed by atoms with Crippen LogP contribution >= 0.6 is 0 Å². The molecule has 0 aromatic heterocycles. The number of hydrogen-bond donors (Lipinski definition) is 2. The Balaban J connectivity index is 2.06. The zero-order valence-corrected chi connectivity index (χ0v) is 8.99. The van der Waals surface area contributed by atoms with Gasteiger partial charge in [-0.25, -0.2) is 4.79 Å². The van der Waals surface area contributed by atoms with Crippen molar-refractivity contribution >= 4 is 11.9 Å². The summed E-state index contributed by atoms with van der Waals surface area (Å²) in [7, 11) is 0. The number of amides is 1. The van der Waals surface area contributed by atoms with E-state index in [1.807, 2.05) is 0 Å². The largest absolute Gasteiger partial charge is 0.500 e. The first-order valence-corrected chi connectivity index (χ1v) is 5.51. The summed E-state index contributed by atoms with van der Waals surface area (Å²) in [5.41, 5.74) is -0.520. The molecule has 1 amide bonds. The number of carboxylic acid groups (broad SMARTS) is 1. The van der Waals surface area contributed by atoms with Gasteiger partial charge in [0.05, 0.1) is 18.4 Å². The quantitative estimate of drug-likeness (QED) is 0.745. The van der Waals surface area contributed by atoms with E-state index in [0.29, 0.717) is 31.4 Å². The number of rotatable bonds is 3. The fourth-order valence-corrected chi connectivity index (χ4v) is 2.22. The number of ether oxygens (including phenoxy) is 1. The van der Waals surface area contributed by atoms with Crippen molar-refractivity contribution in [1.82, 2.24) is 5.32 Å². The highest BCUT2D eigenvalue weighted by Crippen LogP contribution is 2.30. The van der Waals surface area contributed by atoms with Crippen molar-refractivity contribution in [3.63, 3.8) is 0 Å². The molecule has 0 aromatic rings. The van der Waals surface area contributed by atoms with Crippen LogP contribution in [-0.2, 0) is 14.3 Å². The highest BCUT2D eigenvalue weighted by atomic mass is 16.5. The van der Waals surface area contributed by atoms with E-state index >= 15 is 0 Å². The molecule has 1 aliphatic heterocycles. The van der Waals surface area contributed by atoms with Crippen LogP contribution < -0.4 is 5.32 Å². The second-order valence-electron chi connectivity index (χ2n) is 4.31. The van der Waals surface area contributed by atoms with Gasteiger partial charge >= 0.3 is 5.97 Å². The van der Waals surface area contributed by atoms with Gasteiger partial charge in [-0.15, -0.1) is 0 Å². The molecule has 16 heavy (non-hydrogen) atoms. The van der Waals surface area contributed by atoms with Crippen molar-refractivity contribution in [3.05, 3.63) is 11.8 Å². The van der Waals surface area contributed by atoms with E-state index in [-0.39, 0.29) is 5.91 Å². The molecular weight excluding hydrogens is 210 g/mol. The molecule has 0 spiro atoms. The van der Waals surface area contributed by atoms with Crippen LogP contribution in [0.15, 0.2) is 11.8 Å². The first-order valence-electron chi connectivity index (χ1n) is 5.51. The Hall–Kier alpha value is -1.52. The minimum atomic E-state index is -1.06. The third-order valence-corrected chi connectivity index (χ3v) is 3.23. The van der Waals surface area contributed by atoms with Gasteiger partial charge in [0, 0.05) is 6.42 Å². The van der Waals surface area contributed by atoms with Crippen LogP contribution in [-0.4, -0.2) is 29.1 Å². The lowest BCUT2D eigenvalue weighted by Crippen LogP contribution is -2.52. The van der Waals surface area contributed by atoms with E-state index in [4.69, 9.17) is 4.74 Å². The second kappa shape index (κ2) is 4.15. The predicted octanol–water partition coefficient (Wildman–Crippen LogP) is 0.804. The number of carbonyl (C=O) groups is 2. The van der Waals surface area contributed by atoms with Crippen LogP contribution in [0.5, 0.6) is 0 Å². The number of carboxylic acids is 1. The molecule has 1 heterocycles. The molecule has 2 N–H and O–H groups in total. The smallest absolute Gasteiger partial charge is 0.329 e. The van der Waals surface area contributed by atoms with Gasteiger partial charge in [0.25, 0.3) is 5.91 Å². The van der Waals surface area contributed by atoms with E-state index < -0.39 is 11.5 Å². The average molecular weight is 225 g/mol. The highest BCUT2D eigenvalue weighted by molar-refractivity contribution is 5.97. The van der Waals surface area contributed by atoms with Gasteiger partial charge in [-0.05, 0) is 12.8 Å². The number of carbonyl (C=O) groups excluding carboxylic acids is 1. The number of aliphatic carboxylic acids is 1. The summed E-state index contributed by atoms with van der Waals surface area (Å²) >= 11 is 0. The Morgan fingerprint density at radius 1 is 1.38 bits per heavy atom. The number of nitrogens with one attached hydrogen (secondary N) is 1. The molecule has 1 saturated carbocycles. The van der Waals surface area contributed by atoms with Gasteiger partial charge in [0.2, 0.25) is 0 Å². The van der Waals surface area contributed by atoms with Crippen molar-refractivity contribution < 1.29 is 19.4 Å². The Labute approximate surface area is 93.5 Å². The van der Waals surface area contributed by atoms with Crippen molar-refractivity contribution in [3.8, 4) is 0 Å². The van der Waals surface area contributed by atoms with Crippen molar-refractivity contribution in [2.24, 2.45) is 0 Å². The predicted molar refractivity (Wildman–Crippen MR) is 55.6 cm³/mol. The average Bonchev–Trinajstić information content (AvgIpc) is 2.88. The van der Waals surface area contributed by atoms with Gasteiger partial charge in [0.15, 0.2) is 0 Å². The molecule has 0 unspecified atom stereocenters. The molecule has 2 rings (SSSR count). The van der Waals surface area contributed by atoms with Gasteiger partial charge in [-0.1, -0.05) is 12.8 Å². The Kier molecular flexibility index (Phi) is 2.85. The molecule has 1 fully saturated rings. The standard InChI is InChI=1S/C11H15NO4/c13-9(8-3-6-16-7-8)12-11(10(14)15)4-1-2-5-11/h7H,1-6H2,(H,12,13)(H,14,15).